The summed E-state index contributed by atoms with van der Waals surface area (Å²) in [5.41, 5.74) is 0.729. The zero-order valence-corrected chi connectivity index (χ0v) is 7.78. The predicted octanol–water partition coefficient (Wildman–Crippen LogP) is 1.26. The molecule has 0 saturated heterocycles. The molecule has 0 unspecified atom stereocenters. The van der Waals surface area contributed by atoms with Gasteiger partial charge in [0.25, 0.3) is 0 Å². The summed E-state index contributed by atoms with van der Waals surface area (Å²) >= 11 is 3.23. The van der Waals surface area contributed by atoms with Crippen LogP contribution in [0, 0.1) is 0 Å². The number of hydrogen-bond donors (Lipinski definition) is 1. The summed E-state index contributed by atoms with van der Waals surface area (Å²) < 4.78 is 0.756. The molecule has 1 rings (SSSR count). The number of carbonyl (C=O) groups is 1. The number of hydrogen-bond acceptors (Lipinski definition) is 3. The number of aryl methyl sites for hydroxylation is 1. The van der Waals surface area contributed by atoms with E-state index in [0.717, 1.165) is 10.2 Å². The number of aromatic nitrogens is 2. The van der Waals surface area contributed by atoms with Gasteiger partial charge < -0.3 is 5.11 Å². The molecular formula is C7H7BrN2O2. The second-order valence-electron chi connectivity index (χ2n) is 2.21. The molecule has 0 spiro atoms. The lowest BCUT2D eigenvalue weighted by atomic mass is 10.2. The van der Waals surface area contributed by atoms with Crippen LogP contribution in [0.4, 0.5) is 0 Å². The molecule has 0 bridgehead atoms. The van der Waals surface area contributed by atoms with Gasteiger partial charge in [0, 0.05) is 12.6 Å². The molecule has 0 aliphatic heterocycles. The Morgan fingerprint density at radius 1 is 1.67 bits per heavy atom. The number of carboxylic acid groups (broad SMARTS) is 1. The third-order valence-electron chi connectivity index (χ3n) is 1.32. The van der Waals surface area contributed by atoms with Crippen molar-refractivity contribution >= 4 is 21.9 Å². The third-order valence-corrected chi connectivity index (χ3v) is 1.98. The van der Waals surface area contributed by atoms with Crippen molar-refractivity contribution in [3.63, 3.8) is 0 Å². The van der Waals surface area contributed by atoms with E-state index in [4.69, 9.17) is 5.11 Å². The van der Waals surface area contributed by atoms with Crippen molar-refractivity contribution in [3.8, 4) is 0 Å². The van der Waals surface area contributed by atoms with Crippen molar-refractivity contribution in [1.82, 2.24) is 9.97 Å². The van der Waals surface area contributed by atoms with E-state index in [1.807, 2.05) is 0 Å². The van der Waals surface area contributed by atoms with Crippen LogP contribution in [0.3, 0.4) is 0 Å². The lowest BCUT2D eigenvalue weighted by molar-refractivity contribution is -0.136. The van der Waals surface area contributed by atoms with Crippen molar-refractivity contribution in [2.75, 3.05) is 0 Å². The fourth-order valence-corrected chi connectivity index (χ4v) is 1.17. The number of rotatable bonds is 3. The van der Waals surface area contributed by atoms with E-state index in [1.54, 1.807) is 6.20 Å². The molecule has 4 nitrogen and oxygen atoms in total. The summed E-state index contributed by atoms with van der Waals surface area (Å²) in [4.78, 5) is 17.9. The Morgan fingerprint density at radius 2 is 2.42 bits per heavy atom. The van der Waals surface area contributed by atoms with E-state index < -0.39 is 5.97 Å². The molecule has 0 fully saturated rings. The maximum atomic E-state index is 10.2. The number of halogens is 1. The van der Waals surface area contributed by atoms with Crippen molar-refractivity contribution in [1.29, 1.82) is 0 Å². The normalized spacial score (nSPS) is 9.75. The lowest BCUT2D eigenvalue weighted by Gasteiger charge is -1.98. The van der Waals surface area contributed by atoms with Gasteiger partial charge in [-0.05, 0) is 15.9 Å². The highest BCUT2D eigenvalue weighted by Crippen LogP contribution is 2.13. The molecule has 0 radical (unpaired) electrons. The molecule has 0 aliphatic carbocycles. The first-order chi connectivity index (χ1) is 5.70. The van der Waals surface area contributed by atoms with Gasteiger partial charge >= 0.3 is 5.97 Å². The van der Waals surface area contributed by atoms with Crippen LogP contribution in [0.15, 0.2) is 17.0 Å². The Balaban J connectivity index is 2.63. The van der Waals surface area contributed by atoms with E-state index >= 15 is 0 Å². The fraction of sp³-hybridized carbons (Fsp3) is 0.286. The van der Waals surface area contributed by atoms with Crippen molar-refractivity contribution in [2.24, 2.45) is 0 Å². The molecule has 0 aromatic carbocycles. The van der Waals surface area contributed by atoms with Crippen molar-refractivity contribution < 1.29 is 9.90 Å². The first-order valence-electron chi connectivity index (χ1n) is 3.36. The molecule has 0 amide bonds. The molecular weight excluding hydrogens is 224 g/mol. The molecule has 0 saturated carbocycles. The highest BCUT2D eigenvalue weighted by molar-refractivity contribution is 9.10. The van der Waals surface area contributed by atoms with Gasteiger partial charge in [-0.3, -0.25) is 4.79 Å². The minimum Gasteiger partial charge on any atom is -0.481 e. The zero-order valence-electron chi connectivity index (χ0n) is 6.20. The SMILES string of the molecule is O=C(O)CCc1ncncc1Br. The minimum atomic E-state index is -0.819. The van der Waals surface area contributed by atoms with E-state index in [1.165, 1.54) is 6.33 Å². The Labute approximate surface area is 77.8 Å². The smallest absolute Gasteiger partial charge is 0.303 e. The summed E-state index contributed by atoms with van der Waals surface area (Å²) in [5, 5.41) is 8.41. The molecule has 1 aromatic rings. The van der Waals surface area contributed by atoms with Gasteiger partial charge in [0.15, 0.2) is 0 Å². The van der Waals surface area contributed by atoms with Crippen LogP contribution in [0.5, 0.6) is 0 Å². The zero-order chi connectivity index (χ0) is 8.97. The van der Waals surface area contributed by atoms with Gasteiger partial charge in [-0.1, -0.05) is 0 Å². The summed E-state index contributed by atoms with van der Waals surface area (Å²) in [6, 6.07) is 0. The highest BCUT2D eigenvalue weighted by atomic mass is 79.9. The summed E-state index contributed by atoms with van der Waals surface area (Å²) in [6.07, 6.45) is 3.53. The monoisotopic (exact) mass is 230 g/mol. The van der Waals surface area contributed by atoms with E-state index in [-0.39, 0.29) is 6.42 Å². The van der Waals surface area contributed by atoms with Crippen LogP contribution >= 0.6 is 15.9 Å². The van der Waals surface area contributed by atoms with Gasteiger partial charge in [0.2, 0.25) is 0 Å². The quantitative estimate of drug-likeness (QED) is 0.850. The lowest BCUT2D eigenvalue weighted by Crippen LogP contribution is -2.00. The Morgan fingerprint density at radius 3 is 3.00 bits per heavy atom. The average molecular weight is 231 g/mol. The standard InChI is InChI=1S/C7H7BrN2O2/c8-5-3-9-4-10-6(5)1-2-7(11)12/h3-4H,1-2H2,(H,11,12). The molecule has 1 heterocycles. The summed E-state index contributed by atoms with van der Waals surface area (Å²) in [6.45, 7) is 0. The topological polar surface area (TPSA) is 63.1 Å². The first kappa shape index (κ1) is 9.12. The van der Waals surface area contributed by atoms with Crippen LogP contribution in [0.2, 0.25) is 0 Å². The van der Waals surface area contributed by atoms with Crippen LogP contribution < -0.4 is 0 Å². The molecule has 1 aromatic heterocycles. The summed E-state index contributed by atoms with van der Waals surface area (Å²) in [5.74, 6) is -0.819. The van der Waals surface area contributed by atoms with Gasteiger partial charge in [-0.25, -0.2) is 9.97 Å². The van der Waals surface area contributed by atoms with Gasteiger partial charge in [0.05, 0.1) is 16.6 Å². The Hall–Kier alpha value is -0.970. The molecule has 12 heavy (non-hydrogen) atoms. The fourth-order valence-electron chi connectivity index (χ4n) is 0.747. The predicted molar refractivity (Wildman–Crippen MR) is 45.7 cm³/mol. The molecule has 64 valence electrons. The molecule has 0 atom stereocenters. The van der Waals surface area contributed by atoms with Crippen molar-refractivity contribution in [2.45, 2.75) is 12.8 Å². The number of nitrogens with zero attached hydrogens (tertiary/aromatic N) is 2. The second-order valence-corrected chi connectivity index (χ2v) is 3.07. The van der Waals surface area contributed by atoms with Crippen LogP contribution in [-0.2, 0) is 11.2 Å². The maximum Gasteiger partial charge on any atom is 0.303 e. The van der Waals surface area contributed by atoms with Crippen LogP contribution in [0.25, 0.3) is 0 Å². The molecule has 5 heteroatoms. The second kappa shape index (κ2) is 4.15. The Bertz CT molecular complexity index is 290. The number of carboxylic acids is 1. The van der Waals surface area contributed by atoms with E-state index in [2.05, 4.69) is 25.9 Å². The van der Waals surface area contributed by atoms with Gasteiger partial charge in [-0.15, -0.1) is 0 Å². The molecule has 0 aliphatic rings. The minimum absolute atomic E-state index is 0.0929. The highest BCUT2D eigenvalue weighted by Gasteiger charge is 2.03. The first-order valence-corrected chi connectivity index (χ1v) is 4.15. The Kier molecular flexibility index (Phi) is 3.16. The summed E-state index contributed by atoms with van der Waals surface area (Å²) in [7, 11) is 0. The van der Waals surface area contributed by atoms with Gasteiger partial charge in [-0.2, -0.15) is 0 Å². The van der Waals surface area contributed by atoms with Crippen molar-refractivity contribution in [3.05, 3.63) is 22.7 Å². The van der Waals surface area contributed by atoms with E-state index in [0.29, 0.717) is 6.42 Å². The van der Waals surface area contributed by atoms with Crippen LogP contribution in [-0.4, -0.2) is 21.0 Å². The largest absolute Gasteiger partial charge is 0.481 e. The third kappa shape index (κ3) is 2.58. The maximum absolute atomic E-state index is 10.2. The van der Waals surface area contributed by atoms with E-state index in [9.17, 15) is 4.79 Å². The number of aliphatic carboxylic acids is 1. The average Bonchev–Trinajstić information content (AvgIpc) is 2.03. The molecule has 1 N–H and O–H groups in total. The van der Waals surface area contributed by atoms with Crippen LogP contribution in [0.1, 0.15) is 12.1 Å². The van der Waals surface area contributed by atoms with Gasteiger partial charge in [0.1, 0.15) is 6.33 Å².